The molecule has 11 nitrogen and oxygen atoms in total. The van der Waals surface area contributed by atoms with E-state index < -0.39 is 27.6 Å². The molecule has 0 spiro atoms. The van der Waals surface area contributed by atoms with Gasteiger partial charge in [0, 0.05) is 30.9 Å². The summed E-state index contributed by atoms with van der Waals surface area (Å²) in [7, 11) is -3.75. The van der Waals surface area contributed by atoms with E-state index in [-0.39, 0.29) is 24.4 Å². The molecule has 3 aromatic rings. The molecule has 3 N–H and O–H groups in total. The van der Waals surface area contributed by atoms with Crippen molar-refractivity contribution in [3.05, 3.63) is 74.7 Å². The number of rotatable bonds is 12. The number of piperidine rings is 1. The number of carboxylic acid groups (broad SMARTS) is 1. The first-order valence-corrected chi connectivity index (χ1v) is 15.9. The lowest BCUT2D eigenvalue weighted by Gasteiger charge is -2.23. The van der Waals surface area contributed by atoms with Gasteiger partial charge >= 0.3 is 11.7 Å². The van der Waals surface area contributed by atoms with Crippen molar-refractivity contribution >= 4 is 26.9 Å². The van der Waals surface area contributed by atoms with Gasteiger partial charge < -0.3 is 10.4 Å². The highest BCUT2D eigenvalue weighted by molar-refractivity contribution is 7.89. The molecule has 0 amide bonds. The molecule has 1 aliphatic heterocycles. The lowest BCUT2D eigenvalue weighted by atomic mass is 9.95. The van der Waals surface area contributed by atoms with Gasteiger partial charge in [0.05, 0.1) is 23.2 Å². The zero-order chi connectivity index (χ0) is 30.1. The van der Waals surface area contributed by atoms with E-state index in [0.717, 1.165) is 37.9 Å². The predicted molar refractivity (Wildman–Crippen MR) is 161 cm³/mol. The Bertz CT molecular complexity index is 1680. The van der Waals surface area contributed by atoms with E-state index in [4.69, 9.17) is 0 Å². The Balaban J connectivity index is 1.66. The highest BCUT2D eigenvalue weighted by Gasteiger charge is 2.23. The molecule has 4 rings (SSSR count). The summed E-state index contributed by atoms with van der Waals surface area (Å²) in [6.07, 6.45) is 6.86. The highest BCUT2D eigenvalue weighted by Crippen LogP contribution is 2.17. The second-order valence-corrected chi connectivity index (χ2v) is 12.5. The summed E-state index contributed by atoms with van der Waals surface area (Å²) in [5.74, 6) is 4.57. The topological polar surface area (TPSA) is 152 Å². The molecular weight excluding hydrogens is 558 g/mol. The first-order valence-electron chi connectivity index (χ1n) is 14.3. The summed E-state index contributed by atoms with van der Waals surface area (Å²) in [5, 5.41) is 13.2. The van der Waals surface area contributed by atoms with Crippen LogP contribution in [0.5, 0.6) is 0 Å². The number of sulfonamides is 1. The Kier molecular flexibility index (Phi) is 10.7. The van der Waals surface area contributed by atoms with Crippen LogP contribution in [-0.2, 0) is 27.9 Å². The number of hydrogen-bond donors (Lipinski definition) is 3. The van der Waals surface area contributed by atoms with Gasteiger partial charge in [-0.2, -0.15) is 4.72 Å². The molecule has 3 heterocycles. The van der Waals surface area contributed by atoms with Gasteiger partial charge in [-0.3, -0.25) is 23.7 Å². The van der Waals surface area contributed by atoms with Crippen LogP contribution in [0.15, 0.2) is 52.3 Å². The minimum atomic E-state index is -3.75. The van der Waals surface area contributed by atoms with Gasteiger partial charge in [-0.25, -0.2) is 13.2 Å². The van der Waals surface area contributed by atoms with Crippen molar-refractivity contribution < 1.29 is 18.3 Å². The first kappa shape index (κ1) is 31.2. The molecule has 0 bridgehead atoms. The molecule has 224 valence electrons. The van der Waals surface area contributed by atoms with Crippen LogP contribution in [0, 0.1) is 17.8 Å². The summed E-state index contributed by atoms with van der Waals surface area (Å²) in [6, 6.07) is 7.18. The number of pyridine rings is 1. The van der Waals surface area contributed by atoms with Gasteiger partial charge in [-0.1, -0.05) is 25.2 Å². The second-order valence-electron chi connectivity index (χ2n) is 10.6. The molecule has 2 aromatic heterocycles. The largest absolute Gasteiger partial charge is 0.480 e. The number of hydrogen-bond acceptors (Lipinski definition) is 7. The van der Waals surface area contributed by atoms with E-state index in [0.29, 0.717) is 41.8 Å². The average molecular weight is 596 g/mol. The van der Waals surface area contributed by atoms with Crippen LogP contribution < -0.4 is 21.3 Å². The van der Waals surface area contributed by atoms with E-state index in [1.165, 1.54) is 4.57 Å². The van der Waals surface area contributed by atoms with E-state index >= 15 is 0 Å². The summed E-state index contributed by atoms with van der Waals surface area (Å²) in [6.45, 7) is 4.27. The van der Waals surface area contributed by atoms with Gasteiger partial charge in [0.2, 0.25) is 10.0 Å². The Morgan fingerprint density at radius 3 is 2.60 bits per heavy atom. The number of carbonyl (C=O) groups is 1. The van der Waals surface area contributed by atoms with Crippen LogP contribution in [-0.4, -0.2) is 58.5 Å². The molecule has 1 aromatic carbocycles. The van der Waals surface area contributed by atoms with Crippen LogP contribution in [0.1, 0.15) is 56.6 Å². The Hall–Kier alpha value is -3.79. The van der Waals surface area contributed by atoms with Crippen LogP contribution in [0.2, 0.25) is 0 Å². The van der Waals surface area contributed by atoms with E-state index in [2.05, 4.69) is 26.9 Å². The minimum absolute atomic E-state index is 0.156. The maximum Gasteiger partial charge on any atom is 0.331 e. The van der Waals surface area contributed by atoms with Crippen LogP contribution in [0.25, 0.3) is 10.9 Å². The van der Waals surface area contributed by atoms with Crippen LogP contribution >= 0.6 is 0 Å². The number of fused-ring (bicyclic) bond motifs is 1. The SMILES string of the molecule is CCCCS(=O)(=O)NC(CC#Cc1ccc2c(c1)c(=O)n(CCC1CCNCC1)c(=O)n2Cc1ccncc1)C(=O)O. The molecule has 42 heavy (non-hydrogen) atoms. The number of carboxylic acids is 1. The van der Waals surface area contributed by atoms with E-state index in [1.54, 1.807) is 35.2 Å². The van der Waals surface area contributed by atoms with Crippen LogP contribution in [0.4, 0.5) is 0 Å². The normalized spacial score (nSPS) is 14.8. The smallest absolute Gasteiger partial charge is 0.331 e. The number of aliphatic carboxylic acids is 1. The Morgan fingerprint density at radius 1 is 1.17 bits per heavy atom. The monoisotopic (exact) mass is 595 g/mol. The minimum Gasteiger partial charge on any atom is -0.480 e. The molecule has 0 saturated carbocycles. The van der Waals surface area contributed by atoms with Crippen molar-refractivity contribution in [2.45, 2.75) is 64.6 Å². The maximum absolute atomic E-state index is 13.6. The third-order valence-corrected chi connectivity index (χ3v) is 8.93. The van der Waals surface area contributed by atoms with Crippen molar-refractivity contribution in [1.29, 1.82) is 0 Å². The fraction of sp³-hybridized carbons (Fsp3) is 0.467. The molecule has 1 aliphatic rings. The first-order chi connectivity index (χ1) is 20.2. The predicted octanol–water partition coefficient (Wildman–Crippen LogP) is 1.91. The average Bonchev–Trinajstić information content (AvgIpc) is 2.98. The molecule has 1 atom stereocenters. The molecule has 0 radical (unpaired) electrons. The van der Waals surface area contributed by atoms with Crippen molar-refractivity contribution in [3.8, 4) is 11.8 Å². The van der Waals surface area contributed by atoms with Crippen LogP contribution in [0.3, 0.4) is 0 Å². The van der Waals surface area contributed by atoms with Gasteiger partial charge in [-0.15, -0.1) is 0 Å². The fourth-order valence-corrected chi connectivity index (χ4v) is 6.45. The zero-order valence-corrected chi connectivity index (χ0v) is 24.5. The highest BCUT2D eigenvalue weighted by atomic mass is 32.2. The molecule has 0 aliphatic carbocycles. The molecule has 1 saturated heterocycles. The molecule has 1 unspecified atom stereocenters. The quantitative estimate of drug-likeness (QED) is 0.269. The molecule has 1 fully saturated rings. The van der Waals surface area contributed by atoms with E-state index in [1.807, 2.05) is 19.1 Å². The summed E-state index contributed by atoms with van der Waals surface area (Å²) >= 11 is 0. The lowest BCUT2D eigenvalue weighted by molar-refractivity contribution is -0.138. The third-order valence-electron chi connectivity index (χ3n) is 7.46. The molecule has 12 heteroatoms. The second kappa shape index (κ2) is 14.4. The number of nitrogens with zero attached hydrogens (tertiary/aromatic N) is 3. The Morgan fingerprint density at radius 2 is 1.90 bits per heavy atom. The zero-order valence-electron chi connectivity index (χ0n) is 23.7. The van der Waals surface area contributed by atoms with Crippen molar-refractivity contribution in [2.24, 2.45) is 5.92 Å². The lowest BCUT2D eigenvalue weighted by Crippen LogP contribution is -2.41. The summed E-state index contributed by atoms with van der Waals surface area (Å²) in [5.41, 5.74) is 1.01. The number of benzene rings is 1. The molecular formula is C30H37N5O6S. The van der Waals surface area contributed by atoms with E-state index in [9.17, 15) is 27.9 Å². The van der Waals surface area contributed by atoms with Crippen molar-refractivity contribution in [3.63, 3.8) is 0 Å². The van der Waals surface area contributed by atoms with Crippen molar-refractivity contribution in [2.75, 3.05) is 18.8 Å². The number of unbranched alkanes of at least 4 members (excludes halogenated alkanes) is 1. The summed E-state index contributed by atoms with van der Waals surface area (Å²) in [4.78, 5) is 42.9. The standard InChI is InChI=1S/C30H37N5O6S/c1-2-3-19-42(40,41)33-26(29(37)38)6-4-5-23-7-8-27-25(20-23)28(36)34(18-13-22-9-14-31-15-10-22)30(39)35(27)21-24-11-16-32-17-12-24/h7-8,11-12,16-17,20,22,26,31,33H,2-3,6,9-10,13-15,18-19,21H2,1H3,(H,37,38). The van der Waals surface area contributed by atoms with Gasteiger partial charge in [0.1, 0.15) is 6.04 Å². The van der Waals surface area contributed by atoms with Gasteiger partial charge in [-0.05, 0) is 80.6 Å². The third kappa shape index (κ3) is 8.15. The Labute approximate surface area is 245 Å². The summed E-state index contributed by atoms with van der Waals surface area (Å²) < 4.78 is 29.5. The van der Waals surface area contributed by atoms with Gasteiger partial charge in [0.15, 0.2) is 0 Å². The fourth-order valence-electron chi connectivity index (χ4n) is 5.05. The number of aromatic nitrogens is 3. The van der Waals surface area contributed by atoms with Gasteiger partial charge in [0.25, 0.3) is 5.56 Å². The van der Waals surface area contributed by atoms with Crippen molar-refractivity contribution in [1.82, 2.24) is 24.2 Å². The number of nitrogens with one attached hydrogen (secondary N) is 2. The maximum atomic E-state index is 13.6.